The van der Waals surface area contributed by atoms with Gasteiger partial charge in [-0.1, -0.05) is 17.7 Å². The van der Waals surface area contributed by atoms with Crippen LogP contribution in [0.15, 0.2) is 18.3 Å². The Labute approximate surface area is 87.0 Å². The molecule has 76 valence electrons. The van der Waals surface area contributed by atoms with Crippen LogP contribution in [-0.2, 0) is 9.53 Å². The van der Waals surface area contributed by atoms with E-state index >= 15 is 0 Å². The number of nitrogens with zero attached hydrogens (tertiary/aromatic N) is 1. The zero-order chi connectivity index (χ0) is 10.6. The standard InChI is InChI=1S/C9H11ClN2O2/c1-2-14-9(13)7(11)6-4-3-5-12-8(6)10/h3-5,7H,2,11H2,1H3. The number of hydrogen-bond acceptors (Lipinski definition) is 4. The molecule has 14 heavy (non-hydrogen) atoms. The molecule has 0 aliphatic heterocycles. The highest BCUT2D eigenvalue weighted by atomic mass is 35.5. The van der Waals surface area contributed by atoms with E-state index in [1.165, 1.54) is 6.20 Å². The van der Waals surface area contributed by atoms with Crippen molar-refractivity contribution < 1.29 is 9.53 Å². The van der Waals surface area contributed by atoms with Gasteiger partial charge in [0.25, 0.3) is 0 Å². The number of aromatic nitrogens is 1. The summed E-state index contributed by atoms with van der Waals surface area (Å²) in [6.45, 7) is 2.01. The van der Waals surface area contributed by atoms with Gasteiger partial charge in [-0.05, 0) is 13.0 Å². The molecule has 0 spiro atoms. The van der Waals surface area contributed by atoms with E-state index in [0.717, 1.165) is 0 Å². The number of esters is 1. The molecule has 2 N–H and O–H groups in total. The monoisotopic (exact) mass is 214 g/mol. The number of carbonyl (C=O) groups is 1. The lowest BCUT2D eigenvalue weighted by Gasteiger charge is -2.11. The highest BCUT2D eigenvalue weighted by molar-refractivity contribution is 6.30. The maximum Gasteiger partial charge on any atom is 0.327 e. The summed E-state index contributed by atoms with van der Waals surface area (Å²) in [5.74, 6) is -0.498. The minimum absolute atomic E-state index is 0.230. The molecule has 0 saturated heterocycles. The van der Waals surface area contributed by atoms with Gasteiger partial charge < -0.3 is 10.5 Å². The van der Waals surface area contributed by atoms with Crippen molar-refractivity contribution in [1.82, 2.24) is 4.98 Å². The molecule has 5 heteroatoms. The van der Waals surface area contributed by atoms with E-state index in [1.54, 1.807) is 19.1 Å². The van der Waals surface area contributed by atoms with Crippen LogP contribution in [0.1, 0.15) is 18.5 Å². The van der Waals surface area contributed by atoms with Crippen LogP contribution in [0.25, 0.3) is 0 Å². The average Bonchev–Trinajstić information content (AvgIpc) is 2.18. The molecule has 0 saturated carbocycles. The van der Waals surface area contributed by atoms with Crippen LogP contribution in [0.4, 0.5) is 0 Å². The first-order valence-corrected chi connectivity index (χ1v) is 4.57. The molecule has 0 aliphatic rings. The van der Waals surface area contributed by atoms with E-state index in [9.17, 15) is 4.79 Å². The van der Waals surface area contributed by atoms with Crippen molar-refractivity contribution in [2.75, 3.05) is 6.61 Å². The van der Waals surface area contributed by atoms with Gasteiger partial charge in [-0.2, -0.15) is 0 Å². The number of nitrogens with two attached hydrogens (primary N) is 1. The van der Waals surface area contributed by atoms with Crippen molar-refractivity contribution in [3.05, 3.63) is 29.0 Å². The molecule has 0 radical (unpaired) electrons. The zero-order valence-corrected chi connectivity index (χ0v) is 8.49. The van der Waals surface area contributed by atoms with Crippen molar-refractivity contribution in [2.24, 2.45) is 5.73 Å². The molecular formula is C9H11ClN2O2. The van der Waals surface area contributed by atoms with Crippen LogP contribution in [0.2, 0.25) is 5.15 Å². The zero-order valence-electron chi connectivity index (χ0n) is 7.74. The molecule has 0 amide bonds. The Kier molecular flexibility index (Phi) is 3.85. The summed E-state index contributed by atoms with van der Waals surface area (Å²) in [5, 5.41) is 0.230. The third kappa shape index (κ3) is 2.43. The van der Waals surface area contributed by atoms with Crippen LogP contribution in [0, 0.1) is 0 Å². The lowest BCUT2D eigenvalue weighted by atomic mass is 10.1. The Morgan fingerprint density at radius 2 is 2.50 bits per heavy atom. The van der Waals surface area contributed by atoms with Gasteiger partial charge in [0.05, 0.1) is 6.61 Å². The summed E-state index contributed by atoms with van der Waals surface area (Å²) >= 11 is 5.76. The second kappa shape index (κ2) is 4.93. The summed E-state index contributed by atoms with van der Waals surface area (Å²) in [4.78, 5) is 15.1. The molecule has 4 nitrogen and oxygen atoms in total. The molecule has 1 atom stereocenters. The molecule has 0 bridgehead atoms. The van der Waals surface area contributed by atoms with Crippen LogP contribution < -0.4 is 5.73 Å². The lowest BCUT2D eigenvalue weighted by molar-refractivity contribution is -0.144. The van der Waals surface area contributed by atoms with Gasteiger partial charge in [-0.3, -0.25) is 0 Å². The van der Waals surface area contributed by atoms with Gasteiger partial charge in [0, 0.05) is 11.8 Å². The topological polar surface area (TPSA) is 65.2 Å². The fraction of sp³-hybridized carbons (Fsp3) is 0.333. The van der Waals surface area contributed by atoms with Gasteiger partial charge in [-0.15, -0.1) is 0 Å². The number of ether oxygens (including phenoxy) is 1. The fourth-order valence-electron chi connectivity index (χ4n) is 0.989. The van der Waals surface area contributed by atoms with Crippen LogP contribution in [-0.4, -0.2) is 17.6 Å². The van der Waals surface area contributed by atoms with Gasteiger partial charge in [0.15, 0.2) is 0 Å². The lowest BCUT2D eigenvalue weighted by Crippen LogP contribution is -2.24. The Hall–Kier alpha value is -1.13. The predicted molar refractivity (Wildman–Crippen MR) is 52.8 cm³/mol. The van der Waals surface area contributed by atoms with Crippen LogP contribution in [0.5, 0.6) is 0 Å². The second-order valence-corrected chi connectivity index (χ2v) is 2.97. The summed E-state index contributed by atoms with van der Waals surface area (Å²) in [5.41, 5.74) is 6.11. The number of rotatable bonds is 3. The summed E-state index contributed by atoms with van der Waals surface area (Å²) < 4.78 is 4.76. The van der Waals surface area contributed by atoms with Crippen molar-refractivity contribution >= 4 is 17.6 Å². The smallest absolute Gasteiger partial charge is 0.327 e. The van der Waals surface area contributed by atoms with Gasteiger partial charge in [-0.25, -0.2) is 9.78 Å². The normalized spacial score (nSPS) is 12.2. The van der Waals surface area contributed by atoms with E-state index in [1.807, 2.05) is 0 Å². The van der Waals surface area contributed by atoms with Gasteiger partial charge in [0.1, 0.15) is 11.2 Å². The Balaban J connectivity index is 2.84. The Morgan fingerprint density at radius 1 is 1.79 bits per heavy atom. The second-order valence-electron chi connectivity index (χ2n) is 2.61. The minimum atomic E-state index is -0.865. The Bertz CT molecular complexity index is 330. The van der Waals surface area contributed by atoms with Crippen LogP contribution >= 0.6 is 11.6 Å². The number of hydrogen-bond donors (Lipinski definition) is 1. The number of carbonyl (C=O) groups excluding carboxylic acids is 1. The summed E-state index contributed by atoms with van der Waals surface area (Å²) in [6, 6.07) is 2.45. The first kappa shape index (κ1) is 10.9. The molecule has 1 heterocycles. The summed E-state index contributed by atoms with van der Waals surface area (Å²) in [6.07, 6.45) is 1.53. The van der Waals surface area contributed by atoms with Gasteiger partial charge >= 0.3 is 5.97 Å². The molecule has 0 aromatic carbocycles. The largest absolute Gasteiger partial charge is 0.465 e. The molecule has 0 aliphatic carbocycles. The van der Waals surface area contributed by atoms with Crippen molar-refractivity contribution in [3.8, 4) is 0 Å². The fourth-order valence-corrected chi connectivity index (χ4v) is 1.23. The molecule has 1 aromatic rings. The van der Waals surface area contributed by atoms with Crippen molar-refractivity contribution in [1.29, 1.82) is 0 Å². The van der Waals surface area contributed by atoms with E-state index in [2.05, 4.69) is 4.98 Å². The maximum absolute atomic E-state index is 11.3. The quantitative estimate of drug-likeness (QED) is 0.609. The minimum Gasteiger partial charge on any atom is -0.465 e. The maximum atomic E-state index is 11.3. The SMILES string of the molecule is CCOC(=O)C(N)c1cccnc1Cl. The highest BCUT2D eigenvalue weighted by Gasteiger charge is 2.19. The molecule has 1 aromatic heterocycles. The molecule has 1 rings (SSSR count). The first-order chi connectivity index (χ1) is 6.66. The third-order valence-corrected chi connectivity index (χ3v) is 1.98. The average molecular weight is 215 g/mol. The Morgan fingerprint density at radius 3 is 3.07 bits per heavy atom. The highest BCUT2D eigenvalue weighted by Crippen LogP contribution is 2.19. The third-order valence-electron chi connectivity index (χ3n) is 1.66. The molecule has 0 fully saturated rings. The van der Waals surface area contributed by atoms with Crippen molar-refractivity contribution in [2.45, 2.75) is 13.0 Å². The van der Waals surface area contributed by atoms with Crippen LogP contribution in [0.3, 0.4) is 0 Å². The number of pyridine rings is 1. The van der Waals surface area contributed by atoms with E-state index in [-0.39, 0.29) is 5.15 Å². The van der Waals surface area contributed by atoms with Gasteiger partial charge in [0.2, 0.25) is 0 Å². The molecular weight excluding hydrogens is 204 g/mol. The van der Waals surface area contributed by atoms with E-state index < -0.39 is 12.0 Å². The number of halogens is 1. The molecule has 1 unspecified atom stereocenters. The predicted octanol–water partition coefficient (Wildman–Crippen LogP) is 1.30. The van der Waals surface area contributed by atoms with E-state index in [0.29, 0.717) is 12.2 Å². The van der Waals surface area contributed by atoms with E-state index in [4.69, 9.17) is 22.1 Å². The van der Waals surface area contributed by atoms with Crippen molar-refractivity contribution in [3.63, 3.8) is 0 Å². The first-order valence-electron chi connectivity index (χ1n) is 4.19. The summed E-state index contributed by atoms with van der Waals surface area (Å²) in [7, 11) is 0.